The fourth-order valence-electron chi connectivity index (χ4n) is 1.13. The molecule has 0 aliphatic rings. The average Bonchev–Trinajstić information content (AvgIpc) is 2.16. The number of nitrogens with two attached hydrogens (primary N) is 1. The summed E-state index contributed by atoms with van der Waals surface area (Å²) in [4.78, 5) is 32.0. The summed E-state index contributed by atoms with van der Waals surface area (Å²) in [5, 5.41) is 26.1. The molecule has 0 heterocycles. The summed E-state index contributed by atoms with van der Waals surface area (Å²) in [6, 6.07) is 1.62. The molecule has 0 saturated heterocycles. The van der Waals surface area contributed by atoms with Crippen molar-refractivity contribution < 1.29 is 29.7 Å². The molecule has 16 heavy (non-hydrogen) atoms. The molecule has 0 atom stereocenters. The van der Waals surface area contributed by atoms with Crippen LogP contribution in [0, 0.1) is 0 Å². The minimum atomic E-state index is -1.48. The highest BCUT2D eigenvalue weighted by atomic mass is 16.4. The Bertz CT molecular complexity index is 458. The first-order valence-corrected chi connectivity index (χ1v) is 3.98. The Morgan fingerprint density at radius 1 is 0.875 bits per heavy atom. The van der Waals surface area contributed by atoms with E-state index in [0.717, 1.165) is 12.1 Å². The SMILES string of the molecule is Nc1c(C(=O)O)cc(C(=O)O)cc1C(=O)O. The monoisotopic (exact) mass is 225 g/mol. The van der Waals surface area contributed by atoms with Gasteiger partial charge in [-0.25, -0.2) is 14.4 Å². The van der Waals surface area contributed by atoms with Crippen LogP contribution in [0.15, 0.2) is 12.1 Å². The third kappa shape index (κ3) is 1.92. The molecule has 7 heteroatoms. The molecule has 0 aromatic heterocycles. The molecule has 0 amide bonds. The number of anilines is 1. The number of hydrogen-bond donors (Lipinski definition) is 4. The van der Waals surface area contributed by atoms with Gasteiger partial charge in [-0.15, -0.1) is 0 Å². The number of carboxylic acid groups (broad SMARTS) is 3. The van der Waals surface area contributed by atoms with Crippen LogP contribution in [0.3, 0.4) is 0 Å². The first-order chi connectivity index (χ1) is 7.34. The molecular formula is C9H7NO6. The second kappa shape index (κ2) is 3.89. The van der Waals surface area contributed by atoms with Gasteiger partial charge in [0.05, 0.1) is 22.4 Å². The number of rotatable bonds is 3. The van der Waals surface area contributed by atoms with Crippen LogP contribution in [0.2, 0.25) is 0 Å². The van der Waals surface area contributed by atoms with E-state index in [4.69, 9.17) is 21.1 Å². The lowest BCUT2D eigenvalue weighted by atomic mass is 10.0. The van der Waals surface area contributed by atoms with Gasteiger partial charge in [0, 0.05) is 0 Å². The predicted molar refractivity (Wildman–Crippen MR) is 51.7 cm³/mol. The molecule has 0 aliphatic carbocycles. The summed E-state index contributed by atoms with van der Waals surface area (Å²) in [6.45, 7) is 0. The van der Waals surface area contributed by atoms with Gasteiger partial charge in [-0.1, -0.05) is 0 Å². The first kappa shape index (κ1) is 11.5. The molecule has 0 fully saturated rings. The fraction of sp³-hybridized carbons (Fsp3) is 0. The second-order valence-corrected chi connectivity index (χ2v) is 2.90. The van der Waals surface area contributed by atoms with Gasteiger partial charge >= 0.3 is 17.9 Å². The van der Waals surface area contributed by atoms with E-state index in [2.05, 4.69) is 0 Å². The Morgan fingerprint density at radius 2 is 1.25 bits per heavy atom. The number of carboxylic acids is 3. The van der Waals surface area contributed by atoms with Crippen molar-refractivity contribution in [1.29, 1.82) is 0 Å². The van der Waals surface area contributed by atoms with Crippen molar-refractivity contribution in [3.63, 3.8) is 0 Å². The van der Waals surface area contributed by atoms with Crippen molar-refractivity contribution in [3.8, 4) is 0 Å². The molecule has 5 N–H and O–H groups in total. The quantitative estimate of drug-likeness (QED) is 0.545. The number of nitrogen functional groups attached to an aromatic ring is 1. The van der Waals surface area contributed by atoms with Crippen molar-refractivity contribution in [1.82, 2.24) is 0 Å². The maximum atomic E-state index is 10.7. The zero-order valence-corrected chi connectivity index (χ0v) is 7.80. The molecule has 1 rings (SSSR count). The number of hydrogen-bond acceptors (Lipinski definition) is 4. The topological polar surface area (TPSA) is 138 Å². The molecule has 84 valence electrons. The molecule has 7 nitrogen and oxygen atoms in total. The van der Waals surface area contributed by atoms with Crippen LogP contribution < -0.4 is 5.73 Å². The standard InChI is InChI=1S/C9H7NO6/c10-6-4(8(13)14)1-3(7(11)12)2-5(6)9(15)16/h1-2H,10H2,(H,11,12)(H,13,14)(H,15,16). The lowest BCUT2D eigenvalue weighted by Gasteiger charge is -2.06. The zero-order chi connectivity index (χ0) is 12.5. The average molecular weight is 225 g/mol. The van der Waals surface area contributed by atoms with Crippen LogP contribution >= 0.6 is 0 Å². The van der Waals surface area contributed by atoms with Crippen LogP contribution in [0.5, 0.6) is 0 Å². The Balaban J connectivity index is 3.57. The van der Waals surface area contributed by atoms with Crippen molar-refractivity contribution in [3.05, 3.63) is 28.8 Å². The summed E-state index contributed by atoms with van der Waals surface area (Å²) >= 11 is 0. The zero-order valence-electron chi connectivity index (χ0n) is 7.80. The summed E-state index contributed by atoms with van der Waals surface area (Å²) < 4.78 is 0. The third-order valence-corrected chi connectivity index (χ3v) is 1.89. The van der Waals surface area contributed by atoms with E-state index in [0.29, 0.717) is 0 Å². The highest BCUT2D eigenvalue weighted by molar-refractivity contribution is 6.05. The Hall–Kier alpha value is -2.57. The van der Waals surface area contributed by atoms with Crippen molar-refractivity contribution in [2.24, 2.45) is 0 Å². The molecule has 0 saturated carbocycles. The maximum absolute atomic E-state index is 10.7. The van der Waals surface area contributed by atoms with E-state index < -0.39 is 40.3 Å². The maximum Gasteiger partial charge on any atom is 0.337 e. The fourth-order valence-corrected chi connectivity index (χ4v) is 1.13. The lowest BCUT2D eigenvalue weighted by Crippen LogP contribution is -2.12. The largest absolute Gasteiger partial charge is 0.478 e. The second-order valence-electron chi connectivity index (χ2n) is 2.90. The van der Waals surface area contributed by atoms with E-state index in [9.17, 15) is 14.4 Å². The van der Waals surface area contributed by atoms with Gasteiger partial charge in [0.2, 0.25) is 0 Å². The van der Waals surface area contributed by atoms with Gasteiger partial charge in [0.25, 0.3) is 0 Å². The molecule has 0 aliphatic heterocycles. The van der Waals surface area contributed by atoms with E-state index in [1.165, 1.54) is 0 Å². The van der Waals surface area contributed by atoms with Crippen molar-refractivity contribution in [2.45, 2.75) is 0 Å². The van der Waals surface area contributed by atoms with Crippen molar-refractivity contribution >= 4 is 23.6 Å². The Labute approximate surface area is 88.7 Å². The molecular weight excluding hydrogens is 218 g/mol. The summed E-state index contributed by atoms with van der Waals surface area (Å²) in [6.07, 6.45) is 0. The minimum Gasteiger partial charge on any atom is -0.478 e. The first-order valence-electron chi connectivity index (χ1n) is 3.98. The molecule has 0 radical (unpaired) electrons. The van der Waals surface area contributed by atoms with Gasteiger partial charge in [0.15, 0.2) is 0 Å². The highest BCUT2D eigenvalue weighted by Crippen LogP contribution is 2.20. The third-order valence-electron chi connectivity index (χ3n) is 1.89. The predicted octanol–water partition coefficient (Wildman–Crippen LogP) is 0.363. The van der Waals surface area contributed by atoms with Crippen LogP contribution in [0.1, 0.15) is 31.1 Å². The van der Waals surface area contributed by atoms with Crippen molar-refractivity contribution in [2.75, 3.05) is 5.73 Å². The normalized spacial score (nSPS) is 9.75. The number of aromatic carboxylic acids is 3. The Morgan fingerprint density at radius 3 is 1.50 bits per heavy atom. The van der Waals surface area contributed by atoms with Crippen LogP contribution in [-0.4, -0.2) is 33.2 Å². The molecule has 0 bridgehead atoms. The van der Waals surface area contributed by atoms with E-state index in [1.807, 2.05) is 0 Å². The summed E-state index contributed by atoms with van der Waals surface area (Å²) in [7, 11) is 0. The van der Waals surface area contributed by atoms with Crippen LogP contribution in [-0.2, 0) is 0 Å². The number of carbonyl (C=O) groups is 3. The van der Waals surface area contributed by atoms with Crippen LogP contribution in [0.4, 0.5) is 5.69 Å². The van der Waals surface area contributed by atoms with Gasteiger partial charge in [-0.2, -0.15) is 0 Å². The minimum absolute atomic E-state index is 0.441. The van der Waals surface area contributed by atoms with Gasteiger partial charge < -0.3 is 21.1 Å². The highest BCUT2D eigenvalue weighted by Gasteiger charge is 2.20. The summed E-state index contributed by atoms with van der Waals surface area (Å²) in [5.41, 5.74) is 3.30. The molecule has 0 spiro atoms. The number of benzene rings is 1. The smallest absolute Gasteiger partial charge is 0.337 e. The van der Waals surface area contributed by atoms with Crippen LogP contribution in [0.25, 0.3) is 0 Å². The van der Waals surface area contributed by atoms with E-state index >= 15 is 0 Å². The molecule has 0 unspecified atom stereocenters. The molecule has 1 aromatic rings. The Kier molecular flexibility index (Phi) is 2.80. The summed E-state index contributed by atoms with van der Waals surface area (Å²) in [5.74, 6) is -4.39. The lowest BCUT2D eigenvalue weighted by molar-refractivity contribution is 0.0696. The van der Waals surface area contributed by atoms with Gasteiger partial charge in [-0.05, 0) is 12.1 Å². The van der Waals surface area contributed by atoms with Gasteiger partial charge in [0.1, 0.15) is 0 Å². The van der Waals surface area contributed by atoms with Gasteiger partial charge in [-0.3, -0.25) is 0 Å². The van der Waals surface area contributed by atoms with E-state index in [-0.39, 0.29) is 0 Å². The molecule has 1 aromatic carbocycles. The van der Waals surface area contributed by atoms with E-state index in [1.54, 1.807) is 0 Å².